The van der Waals surface area contributed by atoms with Gasteiger partial charge in [0.1, 0.15) is 5.82 Å². The third-order valence-corrected chi connectivity index (χ3v) is 4.15. The van der Waals surface area contributed by atoms with Gasteiger partial charge in [0.25, 0.3) is 0 Å². The first kappa shape index (κ1) is 14.8. The van der Waals surface area contributed by atoms with Gasteiger partial charge >= 0.3 is 0 Å². The summed E-state index contributed by atoms with van der Waals surface area (Å²) in [6.45, 7) is 2.26. The second-order valence-corrected chi connectivity index (χ2v) is 5.85. The van der Waals surface area contributed by atoms with Crippen molar-refractivity contribution < 1.29 is 0 Å². The maximum Gasteiger partial charge on any atom is 0.114 e. The number of aryl methyl sites for hydroxylation is 1. The van der Waals surface area contributed by atoms with Crippen LogP contribution in [0.1, 0.15) is 44.9 Å². The van der Waals surface area contributed by atoms with Gasteiger partial charge in [0, 0.05) is 12.1 Å². The Morgan fingerprint density at radius 3 is 2.36 bits per heavy atom. The van der Waals surface area contributed by atoms with E-state index >= 15 is 0 Å². The lowest BCUT2D eigenvalue weighted by Gasteiger charge is -2.09. The number of fused-ring (bicyclic) bond motifs is 1. The fourth-order valence-corrected chi connectivity index (χ4v) is 3.00. The van der Waals surface area contributed by atoms with E-state index < -0.39 is 0 Å². The van der Waals surface area contributed by atoms with E-state index in [9.17, 15) is 0 Å². The third kappa shape index (κ3) is 3.22. The van der Waals surface area contributed by atoms with E-state index in [0.717, 1.165) is 11.9 Å². The van der Waals surface area contributed by atoms with Gasteiger partial charge in [-0.05, 0) is 30.7 Å². The molecule has 0 atom stereocenters. The normalized spacial score (nSPS) is 11.1. The number of unbranched alkanes of at least 4 members (excludes halogenated alkanes) is 4. The summed E-state index contributed by atoms with van der Waals surface area (Å²) in [4.78, 5) is 4.87. The smallest absolute Gasteiger partial charge is 0.114 e. The van der Waals surface area contributed by atoms with Gasteiger partial charge in [-0.1, -0.05) is 62.9 Å². The van der Waals surface area contributed by atoms with Gasteiger partial charge in [0.15, 0.2) is 0 Å². The van der Waals surface area contributed by atoms with Crippen LogP contribution < -0.4 is 0 Å². The van der Waals surface area contributed by atoms with Crippen molar-refractivity contribution in [1.82, 2.24) is 9.55 Å². The van der Waals surface area contributed by atoms with E-state index in [1.165, 1.54) is 49.1 Å². The van der Waals surface area contributed by atoms with E-state index in [1.807, 2.05) is 0 Å². The number of para-hydroxylation sites is 3. The standard InChI is InChI=1S/C20H24N2/c1-2-3-4-5-9-16-20-21-18-14-10-11-15-19(18)22(20)17-12-7-6-8-13-17/h6-8,10-15H,2-5,9,16H2,1H3. The molecule has 0 bridgehead atoms. The molecule has 0 N–H and O–H groups in total. The molecular weight excluding hydrogens is 268 g/mol. The lowest BCUT2D eigenvalue weighted by atomic mass is 10.1. The van der Waals surface area contributed by atoms with E-state index in [1.54, 1.807) is 0 Å². The van der Waals surface area contributed by atoms with Crippen LogP contribution >= 0.6 is 0 Å². The molecule has 0 aliphatic carbocycles. The molecule has 114 valence electrons. The molecule has 0 fully saturated rings. The van der Waals surface area contributed by atoms with Crippen LogP contribution in [0.25, 0.3) is 16.7 Å². The number of hydrogen-bond acceptors (Lipinski definition) is 1. The highest BCUT2D eigenvalue weighted by atomic mass is 15.1. The average Bonchev–Trinajstić information content (AvgIpc) is 2.93. The number of imidazole rings is 1. The summed E-state index contributed by atoms with van der Waals surface area (Å²) in [7, 11) is 0. The summed E-state index contributed by atoms with van der Waals surface area (Å²) in [6.07, 6.45) is 7.54. The van der Waals surface area contributed by atoms with Crippen LogP contribution in [0, 0.1) is 0 Å². The molecule has 22 heavy (non-hydrogen) atoms. The second kappa shape index (κ2) is 7.26. The monoisotopic (exact) mass is 292 g/mol. The lowest BCUT2D eigenvalue weighted by Crippen LogP contribution is -2.01. The maximum atomic E-state index is 4.87. The van der Waals surface area contributed by atoms with Gasteiger partial charge in [-0.25, -0.2) is 4.98 Å². The van der Waals surface area contributed by atoms with Crippen molar-refractivity contribution in [2.24, 2.45) is 0 Å². The van der Waals surface area contributed by atoms with E-state index in [4.69, 9.17) is 4.98 Å². The van der Waals surface area contributed by atoms with Gasteiger partial charge < -0.3 is 0 Å². The minimum absolute atomic E-state index is 1.05. The maximum absolute atomic E-state index is 4.87. The molecule has 0 saturated heterocycles. The highest BCUT2D eigenvalue weighted by molar-refractivity contribution is 5.78. The number of nitrogens with zero attached hydrogens (tertiary/aromatic N) is 2. The number of hydrogen-bond donors (Lipinski definition) is 0. The summed E-state index contributed by atoms with van der Waals surface area (Å²) in [5, 5.41) is 0. The summed E-state index contributed by atoms with van der Waals surface area (Å²) in [6, 6.07) is 19.0. The fraction of sp³-hybridized carbons (Fsp3) is 0.350. The Labute approximate surface area is 132 Å². The van der Waals surface area contributed by atoms with Crippen LogP contribution in [0.2, 0.25) is 0 Å². The van der Waals surface area contributed by atoms with Crippen LogP contribution in [-0.4, -0.2) is 9.55 Å². The van der Waals surface area contributed by atoms with Gasteiger partial charge in [-0.15, -0.1) is 0 Å². The van der Waals surface area contributed by atoms with Crippen LogP contribution in [0.4, 0.5) is 0 Å². The average molecular weight is 292 g/mol. The van der Waals surface area contributed by atoms with E-state index in [-0.39, 0.29) is 0 Å². The highest BCUT2D eigenvalue weighted by Gasteiger charge is 2.11. The Kier molecular flexibility index (Phi) is 4.89. The number of rotatable bonds is 7. The summed E-state index contributed by atoms with van der Waals surface area (Å²) in [5.74, 6) is 1.18. The van der Waals surface area contributed by atoms with E-state index in [2.05, 4.69) is 66.1 Å². The fourth-order valence-electron chi connectivity index (χ4n) is 3.00. The molecule has 3 aromatic rings. The van der Waals surface area contributed by atoms with Crippen molar-refractivity contribution in [3.8, 4) is 5.69 Å². The zero-order valence-corrected chi connectivity index (χ0v) is 13.3. The molecular formula is C20H24N2. The largest absolute Gasteiger partial charge is 0.296 e. The SMILES string of the molecule is CCCCCCCc1nc2ccccc2n1-c1ccccc1. The predicted octanol–water partition coefficient (Wildman–Crippen LogP) is 5.54. The lowest BCUT2D eigenvalue weighted by molar-refractivity contribution is 0.621. The van der Waals surface area contributed by atoms with Crippen molar-refractivity contribution in [2.75, 3.05) is 0 Å². The van der Waals surface area contributed by atoms with Gasteiger partial charge in [-0.2, -0.15) is 0 Å². The molecule has 1 aromatic heterocycles. The molecule has 2 aromatic carbocycles. The summed E-state index contributed by atoms with van der Waals surface area (Å²) in [5.41, 5.74) is 3.51. The molecule has 2 heteroatoms. The Bertz CT molecular complexity index is 713. The van der Waals surface area contributed by atoms with Crippen LogP contribution in [0.3, 0.4) is 0 Å². The van der Waals surface area contributed by atoms with E-state index in [0.29, 0.717) is 0 Å². The first-order valence-electron chi connectivity index (χ1n) is 8.42. The predicted molar refractivity (Wildman–Crippen MR) is 93.5 cm³/mol. The summed E-state index contributed by atoms with van der Waals surface area (Å²) < 4.78 is 2.31. The van der Waals surface area contributed by atoms with Crippen molar-refractivity contribution in [3.05, 3.63) is 60.4 Å². The molecule has 0 unspecified atom stereocenters. The third-order valence-electron chi connectivity index (χ3n) is 4.15. The Balaban J connectivity index is 1.88. The van der Waals surface area contributed by atoms with Crippen molar-refractivity contribution in [1.29, 1.82) is 0 Å². The van der Waals surface area contributed by atoms with Gasteiger partial charge in [0.2, 0.25) is 0 Å². The first-order chi connectivity index (χ1) is 10.9. The molecule has 0 saturated carbocycles. The summed E-state index contributed by atoms with van der Waals surface area (Å²) >= 11 is 0. The molecule has 0 spiro atoms. The zero-order valence-electron chi connectivity index (χ0n) is 13.3. The molecule has 1 heterocycles. The van der Waals surface area contributed by atoms with Gasteiger partial charge in [0.05, 0.1) is 11.0 Å². The Morgan fingerprint density at radius 2 is 1.55 bits per heavy atom. The molecule has 0 aliphatic rings. The minimum atomic E-state index is 1.05. The molecule has 0 aliphatic heterocycles. The van der Waals surface area contributed by atoms with Crippen molar-refractivity contribution >= 4 is 11.0 Å². The molecule has 3 rings (SSSR count). The Morgan fingerprint density at radius 1 is 0.818 bits per heavy atom. The number of benzene rings is 2. The van der Waals surface area contributed by atoms with Crippen molar-refractivity contribution in [2.45, 2.75) is 45.4 Å². The first-order valence-corrected chi connectivity index (χ1v) is 8.42. The molecule has 0 radical (unpaired) electrons. The topological polar surface area (TPSA) is 17.8 Å². The molecule has 0 amide bonds. The second-order valence-electron chi connectivity index (χ2n) is 5.85. The quantitative estimate of drug-likeness (QED) is 0.523. The minimum Gasteiger partial charge on any atom is -0.296 e. The van der Waals surface area contributed by atoms with Crippen LogP contribution in [0.5, 0.6) is 0 Å². The van der Waals surface area contributed by atoms with Gasteiger partial charge in [-0.3, -0.25) is 4.57 Å². The van der Waals surface area contributed by atoms with Crippen molar-refractivity contribution in [3.63, 3.8) is 0 Å². The number of aromatic nitrogens is 2. The van der Waals surface area contributed by atoms with Crippen LogP contribution in [0.15, 0.2) is 54.6 Å². The van der Waals surface area contributed by atoms with Crippen LogP contribution in [-0.2, 0) is 6.42 Å². The zero-order chi connectivity index (χ0) is 15.2. The Hall–Kier alpha value is -2.09. The molecule has 2 nitrogen and oxygen atoms in total. The highest BCUT2D eigenvalue weighted by Crippen LogP contribution is 2.22.